The third-order valence-electron chi connectivity index (χ3n) is 3.62. The highest BCUT2D eigenvalue weighted by atomic mass is 16.5. The second kappa shape index (κ2) is 6.21. The zero-order valence-corrected chi connectivity index (χ0v) is 11.4. The molecule has 0 unspecified atom stereocenters. The Hall–Kier alpha value is -1.06. The molecule has 0 spiro atoms. The van der Waals surface area contributed by atoms with E-state index in [0.29, 0.717) is 6.04 Å². The minimum absolute atomic E-state index is 0.346. The highest BCUT2D eigenvalue weighted by molar-refractivity contribution is 5.28. The number of methoxy groups -OCH3 is 1. The maximum absolute atomic E-state index is 6.07. The van der Waals surface area contributed by atoms with Crippen LogP contribution in [0.25, 0.3) is 0 Å². The molecule has 2 atom stereocenters. The van der Waals surface area contributed by atoms with Gasteiger partial charge in [-0.2, -0.15) is 0 Å². The van der Waals surface area contributed by atoms with Gasteiger partial charge in [0, 0.05) is 25.7 Å². The Kier molecular flexibility index (Phi) is 4.61. The van der Waals surface area contributed by atoms with Gasteiger partial charge in [-0.15, -0.1) is 0 Å². The Morgan fingerprint density at radius 3 is 2.94 bits per heavy atom. The molecule has 0 radical (unpaired) electrons. The number of hydrogen-bond acceptors (Lipinski definition) is 3. The van der Waals surface area contributed by atoms with Gasteiger partial charge in [-0.1, -0.05) is 19.1 Å². The smallest absolute Gasteiger partial charge is 0.119 e. The van der Waals surface area contributed by atoms with Crippen molar-refractivity contribution in [3.05, 3.63) is 29.8 Å². The van der Waals surface area contributed by atoms with Gasteiger partial charge in [-0.3, -0.25) is 0 Å². The summed E-state index contributed by atoms with van der Waals surface area (Å²) in [4.78, 5) is 2.48. The van der Waals surface area contributed by atoms with E-state index >= 15 is 0 Å². The SMILES string of the molecule is COc1cccc(CCN2C[C@H](C)C[C@H](N)C2)c1. The average Bonchev–Trinajstić information content (AvgIpc) is 2.35. The number of benzene rings is 1. The molecule has 0 amide bonds. The number of nitrogens with two attached hydrogens (primary N) is 1. The summed E-state index contributed by atoms with van der Waals surface area (Å²) >= 11 is 0. The molecule has 1 aromatic carbocycles. The summed E-state index contributed by atoms with van der Waals surface area (Å²) in [6.45, 7) is 5.59. The van der Waals surface area contributed by atoms with Crippen LogP contribution in [-0.4, -0.2) is 37.7 Å². The van der Waals surface area contributed by atoms with Crippen LogP contribution < -0.4 is 10.5 Å². The zero-order chi connectivity index (χ0) is 13.0. The van der Waals surface area contributed by atoms with Gasteiger partial charge in [0.1, 0.15) is 5.75 Å². The summed E-state index contributed by atoms with van der Waals surface area (Å²) in [6, 6.07) is 8.67. The van der Waals surface area contributed by atoms with Crippen LogP contribution in [0.15, 0.2) is 24.3 Å². The second-order valence-electron chi connectivity index (χ2n) is 5.46. The molecule has 0 aromatic heterocycles. The maximum Gasteiger partial charge on any atom is 0.119 e. The molecular weight excluding hydrogens is 224 g/mol. The summed E-state index contributed by atoms with van der Waals surface area (Å²) in [6.07, 6.45) is 2.23. The lowest BCUT2D eigenvalue weighted by atomic mass is 9.96. The normalized spacial score (nSPS) is 25.1. The first-order chi connectivity index (χ1) is 8.67. The van der Waals surface area contributed by atoms with Crippen molar-refractivity contribution >= 4 is 0 Å². The Balaban J connectivity index is 1.86. The molecule has 1 aliphatic heterocycles. The van der Waals surface area contributed by atoms with Crippen molar-refractivity contribution in [1.29, 1.82) is 0 Å². The van der Waals surface area contributed by atoms with Gasteiger partial charge in [0.25, 0.3) is 0 Å². The maximum atomic E-state index is 6.07. The summed E-state index contributed by atoms with van der Waals surface area (Å²) in [5.74, 6) is 1.66. The Morgan fingerprint density at radius 1 is 1.39 bits per heavy atom. The Bertz CT molecular complexity index is 371. The number of ether oxygens (including phenoxy) is 1. The van der Waals surface area contributed by atoms with Gasteiger partial charge in [0.05, 0.1) is 7.11 Å². The predicted octanol–water partition coefficient (Wildman–Crippen LogP) is 1.91. The molecule has 0 saturated carbocycles. The molecule has 1 aliphatic rings. The molecule has 3 nitrogen and oxygen atoms in total. The van der Waals surface area contributed by atoms with Crippen LogP contribution in [0.1, 0.15) is 18.9 Å². The Labute approximate surface area is 110 Å². The molecule has 1 saturated heterocycles. The second-order valence-corrected chi connectivity index (χ2v) is 5.46. The first-order valence-electron chi connectivity index (χ1n) is 6.78. The lowest BCUT2D eigenvalue weighted by Gasteiger charge is -2.34. The van der Waals surface area contributed by atoms with Crippen LogP contribution in [-0.2, 0) is 6.42 Å². The van der Waals surface area contributed by atoms with Crippen molar-refractivity contribution in [1.82, 2.24) is 4.90 Å². The highest BCUT2D eigenvalue weighted by Crippen LogP contribution is 2.17. The predicted molar refractivity (Wildman–Crippen MR) is 74.9 cm³/mol. The van der Waals surface area contributed by atoms with Crippen LogP contribution in [0.4, 0.5) is 0 Å². The fourth-order valence-electron chi connectivity index (χ4n) is 2.81. The van der Waals surface area contributed by atoms with Gasteiger partial charge in [0.2, 0.25) is 0 Å². The van der Waals surface area contributed by atoms with Crippen LogP contribution in [0.3, 0.4) is 0 Å². The molecule has 3 heteroatoms. The van der Waals surface area contributed by atoms with Crippen LogP contribution in [0, 0.1) is 5.92 Å². The largest absolute Gasteiger partial charge is 0.497 e. The number of nitrogens with zero attached hydrogens (tertiary/aromatic N) is 1. The van der Waals surface area contributed by atoms with Crippen molar-refractivity contribution in [2.75, 3.05) is 26.7 Å². The average molecular weight is 248 g/mol. The van der Waals surface area contributed by atoms with Crippen LogP contribution in [0.2, 0.25) is 0 Å². The van der Waals surface area contributed by atoms with Crippen molar-refractivity contribution in [3.8, 4) is 5.75 Å². The lowest BCUT2D eigenvalue weighted by molar-refractivity contribution is 0.167. The molecule has 100 valence electrons. The van der Waals surface area contributed by atoms with E-state index in [1.165, 1.54) is 12.1 Å². The van der Waals surface area contributed by atoms with Crippen molar-refractivity contribution in [2.24, 2.45) is 11.7 Å². The van der Waals surface area contributed by atoms with E-state index in [1.54, 1.807) is 7.11 Å². The topological polar surface area (TPSA) is 38.5 Å². The number of rotatable bonds is 4. The number of piperidine rings is 1. The standard InChI is InChI=1S/C15H24N2O/c1-12-8-14(16)11-17(10-12)7-6-13-4-3-5-15(9-13)18-2/h3-5,9,12,14H,6-8,10-11,16H2,1-2H3/t12-,14+/m1/s1. The van der Waals surface area contributed by atoms with Crippen LogP contribution in [0.5, 0.6) is 5.75 Å². The molecule has 2 rings (SSSR count). The van der Waals surface area contributed by atoms with Crippen molar-refractivity contribution in [3.63, 3.8) is 0 Å². The molecule has 18 heavy (non-hydrogen) atoms. The third-order valence-corrected chi connectivity index (χ3v) is 3.62. The number of likely N-dealkylation sites (tertiary alicyclic amines) is 1. The molecule has 0 bridgehead atoms. The summed E-state index contributed by atoms with van der Waals surface area (Å²) < 4.78 is 5.25. The molecule has 2 N–H and O–H groups in total. The molecule has 1 heterocycles. The molecule has 1 fully saturated rings. The van der Waals surface area contributed by atoms with E-state index in [4.69, 9.17) is 10.5 Å². The van der Waals surface area contributed by atoms with E-state index in [2.05, 4.69) is 30.0 Å². The van der Waals surface area contributed by atoms with Gasteiger partial charge in [0.15, 0.2) is 0 Å². The lowest BCUT2D eigenvalue weighted by Crippen LogP contribution is -2.46. The van der Waals surface area contributed by atoms with Gasteiger partial charge in [-0.25, -0.2) is 0 Å². The number of hydrogen-bond donors (Lipinski definition) is 1. The molecule has 0 aliphatic carbocycles. The van der Waals surface area contributed by atoms with Crippen molar-refractivity contribution < 1.29 is 4.74 Å². The fourth-order valence-corrected chi connectivity index (χ4v) is 2.81. The van der Waals surface area contributed by atoms with E-state index < -0.39 is 0 Å². The molecular formula is C15H24N2O. The monoisotopic (exact) mass is 248 g/mol. The zero-order valence-electron chi connectivity index (χ0n) is 11.4. The first-order valence-corrected chi connectivity index (χ1v) is 6.78. The fraction of sp³-hybridized carbons (Fsp3) is 0.600. The third kappa shape index (κ3) is 3.72. The van der Waals surface area contributed by atoms with Gasteiger partial charge >= 0.3 is 0 Å². The summed E-state index contributed by atoms with van der Waals surface area (Å²) in [5.41, 5.74) is 7.40. The quantitative estimate of drug-likeness (QED) is 0.884. The van der Waals surface area contributed by atoms with Gasteiger partial charge in [-0.05, 0) is 36.5 Å². The minimum Gasteiger partial charge on any atom is -0.497 e. The summed E-state index contributed by atoms with van der Waals surface area (Å²) in [5, 5.41) is 0. The first kappa shape index (κ1) is 13.4. The van der Waals surface area contributed by atoms with E-state index in [0.717, 1.165) is 37.6 Å². The Morgan fingerprint density at radius 2 is 2.22 bits per heavy atom. The molecule has 1 aromatic rings. The van der Waals surface area contributed by atoms with Crippen LogP contribution >= 0.6 is 0 Å². The van der Waals surface area contributed by atoms with Crippen molar-refractivity contribution in [2.45, 2.75) is 25.8 Å². The summed E-state index contributed by atoms with van der Waals surface area (Å²) in [7, 11) is 1.71. The van der Waals surface area contributed by atoms with E-state index in [9.17, 15) is 0 Å². The minimum atomic E-state index is 0.346. The highest BCUT2D eigenvalue weighted by Gasteiger charge is 2.21. The van der Waals surface area contributed by atoms with E-state index in [1.807, 2.05) is 6.07 Å². The van der Waals surface area contributed by atoms with Gasteiger partial charge < -0.3 is 15.4 Å². The van der Waals surface area contributed by atoms with E-state index in [-0.39, 0.29) is 0 Å².